The van der Waals surface area contributed by atoms with Crippen LogP contribution >= 0.6 is 12.4 Å². The summed E-state index contributed by atoms with van der Waals surface area (Å²) in [5.41, 5.74) is 6.98. The number of halogens is 1. The van der Waals surface area contributed by atoms with Crippen LogP contribution in [0.4, 0.5) is 0 Å². The van der Waals surface area contributed by atoms with Crippen LogP contribution in [0.25, 0.3) is 0 Å². The topological polar surface area (TPSA) is 38.9 Å². The summed E-state index contributed by atoms with van der Waals surface area (Å²) < 4.78 is 0. The number of nitrogens with two attached hydrogens (primary N) is 1. The number of hydrogen-bond acceptors (Lipinski definition) is 2. The summed E-state index contributed by atoms with van der Waals surface area (Å²) in [6.07, 6.45) is 3.98. The van der Waals surface area contributed by atoms with E-state index in [1.807, 2.05) is 18.2 Å². The lowest BCUT2D eigenvalue weighted by Gasteiger charge is -2.11. The van der Waals surface area contributed by atoms with Gasteiger partial charge in [-0.15, -0.1) is 12.4 Å². The predicted octanol–water partition coefficient (Wildman–Crippen LogP) is 2.94. The second kappa shape index (κ2) is 6.80. The summed E-state index contributed by atoms with van der Waals surface area (Å²) in [7, 11) is 0. The van der Waals surface area contributed by atoms with Gasteiger partial charge in [0.1, 0.15) is 0 Å². The Hall–Kier alpha value is -0.600. The molecule has 0 aliphatic rings. The van der Waals surface area contributed by atoms with Crippen molar-refractivity contribution < 1.29 is 0 Å². The lowest BCUT2D eigenvalue weighted by molar-refractivity contribution is 0.501. The molecule has 1 aromatic heterocycles. The summed E-state index contributed by atoms with van der Waals surface area (Å²) in [6, 6.07) is 5.99. The summed E-state index contributed by atoms with van der Waals surface area (Å²) in [5.74, 6) is 0.717. The first kappa shape index (κ1) is 13.4. The van der Waals surface area contributed by atoms with Crippen LogP contribution in [0, 0.1) is 5.92 Å². The first-order chi connectivity index (χ1) is 6.20. The van der Waals surface area contributed by atoms with Gasteiger partial charge >= 0.3 is 0 Å². The molecule has 0 aliphatic heterocycles. The molecule has 0 saturated heterocycles. The zero-order chi connectivity index (χ0) is 9.68. The number of nitrogens with zero attached hydrogens (tertiary/aromatic N) is 1. The predicted molar refractivity (Wildman–Crippen MR) is 62.5 cm³/mol. The minimum Gasteiger partial charge on any atom is -0.323 e. The lowest BCUT2D eigenvalue weighted by atomic mass is 10.0. The van der Waals surface area contributed by atoms with Crippen LogP contribution in [-0.4, -0.2) is 4.98 Å². The molecular formula is C11H19ClN2. The van der Waals surface area contributed by atoms with Gasteiger partial charge < -0.3 is 5.73 Å². The monoisotopic (exact) mass is 214 g/mol. The number of hydrogen-bond donors (Lipinski definition) is 1. The van der Waals surface area contributed by atoms with Gasteiger partial charge in [-0.25, -0.2) is 0 Å². The van der Waals surface area contributed by atoms with Crippen molar-refractivity contribution in [3.8, 4) is 0 Å². The highest BCUT2D eigenvalue weighted by Crippen LogP contribution is 2.15. The average Bonchev–Trinajstić information content (AvgIpc) is 2.15. The van der Waals surface area contributed by atoms with E-state index < -0.39 is 0 Å². The molecule has 3 heteroatoms. The van der Waals surface area contributed by atoms with Crippen molar-refractivity contribution in [1.82, 2.24) is 4.98 Å². The molecule has 0 bridgehead atoms. The SMILES string of the molecule is CC(C)CC[C@H](N)c1ccccn1.Cl. The third-order valence-electron chi connectivity index (χ3n) is 2.12. The van der Waals surface area contributed by atoms with Crippen molar-refractivity contribution in [2.45, 2.75) is 32.7 Å². The Morgan fingerprint density at radius 2 is 2.00 bits per heavy atom. The average molecular weight is 215 g/mol. The smallest absolute Gasteiger partial charge is 0.0570 e. The van der Waals surface area contributed by atoms with Crippen LogP contribution in [-0.2, 0) is 0 Å². The van der Waals surface area contributed by atoms with E-state index in [0.717, 1.165) is 24.5 Å². The molecule has 1 aromatic rings. The molecule has 0 aromatic carbocycles. The van der Waals surface area contributed by atoms with E-state index in [1.165, 1.54) is 0 Å². The van der Waals surface area contributed by atoms with Crippen LogP contribution in [0.5, 0.6) is 0 Å². The van der Waals surface area contributed by atoms with E-state index in [0.29, 0.717) is 0 Å². The van der Waals surface area contributed by atoms with Crippen molar-refractivity contribution in [2.75, 3.05) is 0 Å². The molecule has 1 atom stereocenters. The molecule has 2 nitrogen and oxygen atoms in total. The highest BCUT2D eigenvalue weighted by Gasteiger charge is 2.06. The standard InChI is InChI=1S/C11H18N2.ClH/c1-9(2)6-7-10(12)11-5-3-4-8-13-11;/h3-5,8-10H,6-7,12H2,1-2H3;1H/t10-;/m0./s1. The Kier molecular flexibility index (Phi) is 6.50. The number of pyridine rings is 1. The molecule has 0 saturated carbocycles. The molecule has 0 fully saturated rings. The van der Waals surface area contributed by atoms with E-state index in [2.05, 4.69) is 18.8 Å². The van der Waals surface area contributed by atoms with Crippen molar-refractivity contribution >= 4 is 12.4 Å². The van der Waals surface area contributed by atoms with Gasteiger partial charge in [0.05, 0.1) is 5.69 Å². The highest BCUT2D eigenvalue weighted by atomic mass is 35.5. The fourth-order valence-electron chi connectivity index (χ4n) is 1.26. The molecule has 14 heavy (non-hydrogen) atoms. The van der Waals surface area contributed by atoms with E-state index in [4.69, 9.17) is 5.73 Å². The van der Waals surface area contributed by atoms with Gasteiger partial charge in [0.2, 0.25) is 0 Å². The highest BCUT2D eigenvalue weighted by molar-refractivity contribution is 5.85. The van der Waals surface area contributed by atoms with Crippen molar-refractivity contribution in [2.24, 2.45) is 11.7 Å². The molecule has 1 rings (SSSR count). The van der Waals surface area contributed by atoms with Crippen molar-refractivity contribution in [1.29, 1.82) is 0 Å². The minimum absolute atomic E-state index is 0. The third kappa shape index (κ3) is 4.58. The second-order valence-corrected chi connectivity index (χ2v) is 3.83. The quantitative estimate of drug-likeness (QED) is 0.837. The molecule has 0 radical (unpaired) electrons. The van der Waals surface area contributed by atoms with Crippen molar-refractivity contribution in [3.05, 3.63) is 30.1 Å². The van der Waals surface area contributed by atoms with E-state index in [-0.39, 0.29) is 18.4 Å². The van der Waals surface area contributed by atoms with Crippen LogP contribution in [0.2, 0.25) is 0 Å². The summed E-state index contributed by atoms with van der Waals surface area (Å²) in [5, 5.41) is 0. The number of rotatable bonds is 4. The van der Waals surface area contributed by atoms with Crippen LogP contribution in [0.1, 0.15) is 38.4 Å². The lowest BCUT2D eigenvalue weighted by Crippen LogP contribution is -2.12. The molecule has 0 aliphatic carbocycles. The Morgan fingerprint density at radius 1 is 1.29 bits per heavy atom. The number of aromatic nitrogens is 1. The molecule has 1 heterocycles. The zero-order valence-corrected chi connectivity index (χ0v) is 9.63. The summed E-state index contributed by atoms with van der Waals surface area (Å²) in [4.78, 5) is 4.23. The van der Waals surface area contributed by atoms with Gasteiger partial charge in [0.25, 0.3) is 0 Å². The first-order valence-corrected chi connectivity index (χ1v) is 4.86. The van der Waals surface area contributed by atoms with Crippen molar-refractivity contribution in [3.63, 3.8) is 0 Å². The maximum atomic E-state index is 5.98. The third-order valence-corrected chi connectivity index (χ3v) is 2.12. The Balaban J connectivity index is 0.00000169. The van der Waals surface area contributed by atoms with E-state index >= 15 is 0 Å². The van der Waals surface area contributed by atoms with Gasteiger partial charge in [-0.2, -0.15) is 0 Å². The fourth-order valence-corrected chi connectivity index (χ4v) is 1.26. The molecular weight excluding hydrogens is 196 g/mol. The normalized spacial score (nSPS) is 12.3. The minimum atomic E-state index is 0. The zero-order valence-electron chi connectivity index (χ0n) is 8.81. The largest absolute Gasteiger partial charge is 0.323 e. The molecule has 80 valence electrons. The molecule has 0 amide bonds. The van der Waals surface area contributed by atoms with Crippen LogP contribution in [0.3, 0.4) is 0 Å². The molecule has 0 spiro atoms. The van der Waals surface area contributed by atoms with E-state index in [1.54, 1.807) is 6.20 Å². The maximum absolute atomic E-state index is 5.98. The maximum Gasteiger partial charge on any atom is 0.0570 e. The second-order valence-electron chi connectivity index (χ2n) is 3.83. The Morgan fingerprint density at radius 3 is 2.50 bits per heavy atom. The van der Waals surface area contributed by atoms with Gasteiger partial charge in [-0.3, -0.25) is 4.98 Å². The van der Waals surface area contributed by atoms with Gasteiger partial charge in [-0.1, -0.05) is 19.9 Å². The summed E-state index contributed by atoms with van der Waals surface area (Å²) in [6.45, 7) is 4.43. The Labute approximate surface area is 92.3 Å². The van der Waals surface area contributed by atoms with Crippen LogP contribution < -0.4 is 5.73 Å². The van der Waals surface area contributed by atoms with E-state index in [9.17, 15) is 0 Å². The fraction of sp³-hybridized carbons (Fsp3) is 0.545. The molecule has 2 N–H and O–H groups in total. The first-order valence-electron chi connectivity index (χ1n) is 4.86. The summed E-state index contributed by atoms with van der Waals surface area (Å²) >= 11 is 0. The Bertz CT molecular complexity index is 236. The van der Waals surface area contributed by atoms with Gasteiger partial charge in [-0.05, 0) is 30.9 Å². The van der Waals surface area contributed by atoms with Gasteiger partial charge in [0, 0.05) is 12.2 Å². The van der Waals surface area contributed by atoms with Gasteiger partial charge in [0.15, 0.2) is 0 Å². The molecule has 0 unspecified atom stereocenters. The van der Waals surface area contributed by atoms with Crippen LogP contribution in [0.15, 0.2) is 24.4 Å².